The van der Waals surface area contributed by atoms with E-state index in [2.05, 4.69) is 20.6 Å². The Balaban J connectivity index is 1.51. The molecular weight excluding hydrogens is 240 g/mol. The molecule has 1 saturated heterocycles. The van der Waals surface area contributed by atoms with Crippen LogP contribution in [0, 0.1) is 18.3 Å². The van der Waals surface area contributed by atoms with Gasteiger partial charge in [-0.15, -0.1) is 0 Å². The molecule has 2 N–H and O–H groups in total. The van der Waals surface area contributed by atoms with Gasteiger partial charge in [0.25, 0.3) is 0 Å². The number of aryl methyl sites for hydroxylation is 1. The summed E-state index contributed by atoms with van der Waals surface area (Å²) in [6.07, 6.45) is 6.78. The Bertz CT molecular complexity index is 465. The summed E-state index contributed by atoms with van der Waals surface area (Å²) < 4.78 is 0. The van der Waals surface area contributed by atoms with Crippen LogP contribution in [0.15, 0.2) is 12.4 Å². The fourth-order valence-corrected chi connectivity index (χ4v) is 3.01. The van der Waals surface area contributed by atoms with Gasteiger partial charge in [-0.25, -0.2) is 0 Å². The lowest BCUT2D eigenvalue weighted by atomic mass is 9.92. The molecule has 5 heteroatoms. The van der Waals surface area contributed by atoms with Crippen LogP contribution in [0.2, 0.25) is 0 Å². The lowest BCUT2D eigenvalue weighted by molar-refractivity contribution is -0.123. The van der Waals surface area contributed by atoms with Gasteiger partial charge in [0, 0.05) is 12.1 Å². The molecule has 3 rings (SSSR count). The predicted molar refractivity (Wildman–Crippen MR) is 71.3 cm³/mol. The number of nitrogens with zero attached hydrogens (tertiary/aromatic N) is 2. The molecule has 19 heavy (non-hydrogen) atoms. The van der Waals surface area contributed by atoms with Crippen LogP contribution < -0.4 is 10.6 Å². The first kappa shape index (κ1) is 12.5. The summed E-state index contributed by atoms with van der Waals surface area (Å²) in [4.78, 5) is 20.6. The fraction of sp³-hybridized carbons (Fsp3) is 0.643. The van der Waals surface area contributed by atoms with Crippen molar-refractivity contribution in [1.82, 2.24) is 20.6 Å². The zero-order valence-electron chi connectivity index (χ0n) is 11.3. The smallest absolute Gasteiger partial charge is 0.224 e. The minimum Gasteiger partial charge on any atom is -0.350 e. The van der Waals surface area contributed by atoms with Gasteiger partial charge in [-0.05, 0) is 44.7 Å². The van der Waals surface area contributed by atoms with Gasteiger partial charge in [0.05, 0.1) is 24.1 Å². The predicted octanol–water partition coefficient (Wildman–Crippen LogP) is 0.791. The SMILES string of the molecule is Cc1cnc(CNC(=O)C2CC23CCNCC3)cn1. The molecule has 1 spiro atoms. The first-order chi connectivity index (χ1) is 9.20. The van der Waals surface area contributed by atoms with E-state index in [9.17, 15) is 4.79 Å². The van der Waals surface area contributed by atoms with Crippen LogP contribution in [-0.2, 0) is 11.3 Å². The molecule has 1 amide bonds. The number of amides is 1. The Morgan fingerprint density at radius 3 is 2.89 bits per heavy atom. The largest absolute Gasteiger partial charge is 0.350 e. The van der Waals surface area contributed by atoms with Crippen molar-refractivity contribution in [3.63, 3.8) is 0 Å². The fourth-order valence-electron chi connectivity index (χ4n) is 3.01. The third-order valence-electron chi connectivity index (χ3n) is 4.38. The Morgan fingerprint density at radius 1 is 1.42 bits per heavy atom. The van der Waals surface area contributed by atoms with Gasteiger partial charge in [0.15, 0.2) is 0 Å². The van der Waals surface area contributed by atoms with E-state index in [1.165, 1.54) is 0 Å². The van der Waals surface area contributed by atoms with Crippen LogP contribution in [-0.4, -0.2) is 29.0 Å². The van der Waals surface area contributed by atoms with Gasteiger partial charge >= 0.3 is 0 Å². The highest BCUT2D eigenvalue weighted by molar-refractivity contribution is 5.82. The standard InChI is InChI=1S/C14H20N4O/c1-10-7-17-11(8-16-10)9-18-13(19)12-6-14(12)2-4-15-5-3-14/h7-8,12,15H,2-6,9H2,1H3,(H,18,19). The maximum Gasteiger partial charge on any atom is 0.224 e. The van der Waals surface area contributed by atoms with Crippen molar-refractivity contribution in [3.05, 3.63) is 23.8 Å². The quantitative estimate of drug-likeness (QED) is 0.843. The van der Waals surface area contributed by atoms with Crippen LogP contribution in [0.1, 0.15) is 30.7 Å². The maximum atomic E-state index is 12.1. The molecule has 0 bridgehead atoms. The van der Waals surface area contributed by atoms with Crippen molar-refractivity contribution in [2.24, 2.45) is 11.3 Å². The number of rotatable bonds is 3. The van der Waals surface area contributed by atoms with E-state index in [-0.39, 0.29) is 11.8 Å². The third-order valence-corrected chi connectivity index (χ3v) is 4.38. The second-order valence-corrected chi connectivity index (χ2v) is 5.74. The second-order valence-electron chi connectivity index (χ2n) is 5.74. The molecule has 2 fully saturated rings. The molecule has 2 heterocycles. The van der Waals surface area contributed by atoms with Crippen LogP contribution in [0.25, 0.3) is 0 Å². The van der Waals surface area contributed by atoms with Crippen LogP contribution >= 0.6 is 0 Å². The van der Waals surface area contributed by atoms with Crippen molar-refractivity contribution in [2.75, 3.05) is 13.1 Å². The summed E-state index contributed by atoms with van der Waals surface area (Å²) in [6.45, 7) is 4.48. The first-order valence-corrected chi connectivity index (χ1v) is 6.96. The van der Waals surface area contributed by atoms with E-state index >= 15 is 0 Å². The third kappa shape index (κ3) is 2.61. The number of piperidine rings is 1. The Labute approximate surface area is 113 Å². The highest BCUT2D eigenvalue weighted by Gasteiger charge is 2.57. The number of hydrogen-bond acceptors (Lipinski definition) is 4. The Kier molecular flexibility index (Phi) is 3.22. The molecule has 102 valence electrons. The van der Waals surface area contributed by atoms with Gasteiger partial charge in [-0.2, -0.15) is 0 Å². The van der Waals surface area contributed by atoms with Gasteiger partial charge in [-0.3, -0.25) is 14.8 Å². The summed E-state index contributed by atoms with van der Waals surface area (Å²) in [5.41, 5.74) is 2.01. The summed E-state index contributed by atoms with van der Waals surface area (Å²) in [6, 6.07) is 0. The summed E-state index contributed by atoms with van der Waals surface area (Å²) in [5.74, 6) is 0.400. The molecule has 1 aromatic rings. The van der Waals surface area contributed by atoms with Crippen LogP contribution in [0.5, 0.6) is 0 Å². The topological polar surface area (TPSA) is 66.9 Å². The molecule has 1 aromatic heterocycles. The highest BCUT2D eigenvalue weighted by atomic mass is 16.2. The van der Waals surface area contributed by atoms with Crippen molar-refractivity contribution >= 4 is 5.91 Å². The molecule has 1 atom stereocenters. The number of nitrogens with one attached hydrogen (secondary N) is 2. The minimum absolute atomic E-state index is 0.185. The first-order valence-electron chi connectivity index (χ1n) is 6.96. The molecule has 1 aliphatic heterocycles. The molecule has 1 saturated carbocycles. The maximum absolute atomic E-state index is 12.1. The van der Waals surface area contributed by atoms with Crippen LogP contribution in [0.3, 0.4) is 0 Å². The van der Waals surface area contributed by atoms with E-state index in [1.807, 2.05) is 6.92 Å². The summed E-state index contributed by atoms with van der Waals surface area (Å²) in [7, 11) is 0. The number of hydrogen-bond donors (Lipinski definition) is 2. The van der Waals surface area contributed by atoms with E-state index < -0.39 is 0 Å². The highest BCUT2D eigenvalue weighted by Crippen LogP contribution is 2.58. The van der Waals surface area contributed by atoms with Crippen molar-refractivity contribution < 1.29 is 4.79 Å². The van der Waals surface area contributed by atoms with E-state index in [4.69, 9.17) is 0 Å². The van der Waals surface area contributed by atoms with E-state index in [1.54, 1.807) is 12.4 Å². The number of carbonyl (C=O) groups is 1. The number of aromatic nitrogens is 2. The Hall–Kier alpha value is -1.49. The monoisotopic (exact) mass is 260 g/mol. The second kappa shape index (κ2) is 4.89. The van der Waals surface area contributed by atoms with Crippen molar-refractivity contribution in [2.45, 2.75) is 32.7 Å². The molecule has 2 aliphatic rings. The van der Waals surface area contributed by atoms with Gasteiger partial charge < -0.3 is 10.6 Å². The average Bonchev–Trinajstić information content (AvgIpc) is 3.12. The van der Waals surface area contributed by atoms with E-state index in [0.29, 0.717) is 12.0 Å². The molecule has 1 unspecified atom stereocenters. The lowest BCUT2D eigenvalue weighted by Gasteiger charge is -2.23. The Morgan fingerprint density at radius 2 is 2.21 bits per heavy atom. The normalized spacial score (nSPS) is 24.2. The lowest BCUT2D eigenvalue weighted by Crippen LogP contribution is -2.33. The average molecular weight is 260 g/mol. The summed E-state index contributed by atoms with van der Waals surface area (Å²) in [5, 5.41) is 6.34. The minimum atomic E-state index is 0.185. The zero-order valence-corrected chi connectivity index (χ0v) is 11.3. The van der Waals surface area contributed by atoms with E-state index in [0.717, 1.165) is 43.7 Å². The van der Waals surface area contributed by atoms with Gasteiger partial charge in [0.1, 0.15) is 0 Å². The number of carbonyl (C=O) groups excluding carboxylic acids is 1. The molecular formula is C14H20N4O. The van der Waals surface area contributed by atoms with Crippen LogP contribution in [0.4, 0.5) is 0 Å². The van der Waals surface area contributed by atoms with Gasteiger partial charge in [-0.1, -0.05) is 0 Å². The molecule has 0 aromatic carbocycles. The molecule has 0 radical (unpaired) electrons. The molecule has 1 aliphatic carbocycles. The molecule has 5 nitrogen and oxygen atoms in total. The summed E-state index contributed by atoms with van der Waals surface area (Å²) >= 11 is 0. The van der Waals surface area contributed by atoms with Gasteiger partial charge in [0.2, 0.25) is 5.91 Å². The van der Waals surface area contributed by atoms with Crippen molar-refractivity contribution in [3.8, 4) is 0 Å². The van der Waals surface area contributed by atoms with Crippen molar-refractivity contribution in [1.29, 1.82) is 0 Å². The zero-order chi connectivity index (χ0) is 13.3.